The molecule has 0 bridgehead atoms. The Balaban J connectivity index is 1.34. The summed E-state index contributed by atoms with van der Waals surface area (Å²) in [5, 5.41) is 30.3. The number of nitrogens with two attached hydrogens (primary N) is 1. The molecule has 18 heteroatoms. The van der Waals surface area contributed by atoms with Gasteiger partial charge in [-0.05, 0) is 13.0 Å². The maximum atomic E-state index is 13.1. The first-order chi connectivity index (χ1) is 19.3. The molecule has 2 aliphatic heterocycles. The Kier molecular flexibility index (Phi) is 8.19. The summed E-state index contributed by atoms with van der Waals surface area (Å²) in [5.74, 6) is -1.71. The molecule has 0 aromatic carbocycles. The van der Waals surface area contributed by atoms with E-state index in [4.69, 9.17) is 15.7 Å². The van der Waals surface area contributed by atoms with Crippen molar-refractivity contribution < 1.29 is 34.0 Å². The number of thioether (sulfide) groups is 2. The average Bonchev–Trinajstić information content (AvgIpc) is 3.55. The minimum Gasteiger partial charge on any atom is -0.477 e. The molecular formula is C22H24N9O6S3+. The van der Waals surface area contributed by atoms with Crippen LogP contribution in [0.15, 0.2) is 46.0 Å². The maximum absolute atomic E-state index is 13.1. The van der Waals surface area contributed by atoms with Crippen LogP contribution in [-0.4, -0.2) is 93.7 Å². The second-order valence-electron chi connectivity index (χ2n) is 8.40. The largest absolute Gasteiger partial charge is 0.477 e. The van der Waals surface area contributed by atoms with Gasteiger partial charge in [-0.25, -0.2) is 9.36 Å². The van der Waals surface area contributed by atoms with Gasteiger partial charge in [0, 0.05) is 34.7 Å². The molecule has 0 spiro atoms. The number of carboxylic acid groups (broad SMARTS) is 1. The first-order valence-corrected chi connectivity index (χ1v) is 14.7. The number of aliphatic hydroxyl groups is 1. The lowest BCUT2D eigenvalue weighted by Crippen LogP contribution is -2.71. The van der Waals surface area contributed by atoms with E-state index in [-0.39, 0.29) is 42.1 Å². The number of hydrogen-bond acceptors (Lipinski definition) is 13. The van der Waals surface area contributed by atoms with Gasteiger partial charge in [0.1, 0.15) is 41.5 Å². The van der Waals surface area contributed by atoms with E-state index in [0.717, 1.165) is 22.2 Å². The highest BCUT2D eigenvalue weighted by molar-refractivity contribution is 8.00. The number of imidazole rings is 1. The Morgan fingerprint density at radius 3 is 2.92 bits per heavy atom. The number of carbonyl (C=O) groups is 3. The number of rotatable bonds is 11. The number of hydrogen-bond donors (Lipinski definition) is 4. The predicted molar refractivity (Wildman–Crippen MR) is 145 cm³/mol. The van der Waals surface area contributed by atoms with Crippen LogP contribution in [0.5, 0.6) is 0 Å². The molecule has 5 heterocycles. The third-order valence-electron chi connectivity index (χ3n) is 5.89. The fourth-order valence-electron chi connectivity index (χ4n) is 4.20. The summed E-state index contributed by atoms with van der Waals surface area (Å²) in [6, 6.07) is 2.71. The average molecular weight is 607 g/mol. The van der Waals surface area contributed by atoms with Gasteiger partial charge in [-0.1, -0.05) is 10.3 Å². The normalized spacial score (nSPS) is 19.0. The lowest BCUT2D eigenvalue weighted by molar-refractivity contribution is -0.662. The second-order valence-corrected chi connectivity index (χ2v) is 11.4. The van der Waals surface area contributed by atoms with Crippen LogP contribution >= 0.6 is 35.1 Å². The molecule has 15 nitrogen and oxygen atoms in total. The van der Waals surface area contributed by atoms with Gasteiger partial charge >= 0.3 is 11.6 Å². The van der Waals surface area contributed by atoms with Crippen molar-refractivity contribution in [2.75, 3.05) is 30.5 Å². The number of anilines is 1. The Bertz CT molecular complexity index is 1540. The minimum atomic E-state index is -1.23. The molecule has 2 aliphatic rings. The molecule has 0 saturated carbocycles. The molecule has 0 unspecified atom stereocenters. The van der Waals surface area contributed by atoms with Crippen molar-refractivity contribution in [3.05, 3.63) is 41.6 Å². The topological polar surface area (TPSA) is 202 Å². The number of oxime groups is 1. The summed E-state index contributed by atoms with van der Waals surface area (Å²) in [4.78, 5) is 48.7. The van der Waals surface area contributed by atoms with Crippen LogP contribution in [0.2, 0.25) is 0 Å². The zero-order valence-corrected chi connectivity index (χ0v) is 23.4. The zero-order chi connectivity index (χ0) is 28.4. The number of carboxylic acids is 1. The Morgan fingerprint density at radius 2 is 2.23 bits per heavy atom. The van der Waals surface area contributed by atoms with Crippen LogP contribution in [0.4, 0.5) is 5.13 Å². The van der Waals surface area contributed by atoms with E-state index in [1.807, 2.05) is 16.7 Å². The van der Waals surface area contributed by atoms with Crippen molar-refractivity contribution >= 4 is 69.3 Å². The molecule has 3 aromatic heterocycles. The minimum absolute atomic E-state index is 0.0350. The van der Waals surface area contributed by atoms with Crippen molar-refractivity contribution in [1.82, 2.24) is 29.2 Å². The van der Waals surface area contributed by atoms with Crippen LogP contribution in [0.1, 0.15) is 12.7 Å². The van der Waals surface area contributed by atoms with E-state index in [1.165, 1.54) is 28.4 Å². The monoisotopic (exact) mass is 606 g/mol. The quantitative estimate of drug-likeness (QED) is 0.0705. The number of nitrogens with one attached hydrogen (secondary N) is 1. The standard InChI is InChI=1S/C22H23N9O6S3/c1-2-37-27-14(17-25-22(23)40-28-17)18(33)24-15-19(34)31-16(21(35)36)11(10-39-20(15)31)9-29-5-6-30-13(29)4-3-12(26-30)38-8-7-32/h3-6,15,20,32H,2,7-10H2,1H3,(H3-,23,24,25,28,33,35,36)/p+1/b27-14-/t15-,20-/m1/s1. The second kappa shape index (κ2) is 11.8. The Morgan fingerprint density at radius 1 is 1.40 bits per heavy atom. The number of aromatic nitrogens is 5. The summed E-state index contributed by atoms with van der Waals surface area (Å²) >= 11 is 3.65. The number of aliphatic hydroxyl groups excluding tert-OH is 1. The number of carbonyl (C=O) groups excluding carboxylic acids is 2. The summed E-state index contributed by atoms with van der Waals surface area (Å²) in [7, 11) is 0. The molecule has 1 fully saturated rings. The Labute approximate surface area is 239 Å². The van der Waals surface area contributed by atoms with Crippen LogP contribution < -0.4 is 15.6 Å². The molecule has 0 radical (unpaired) electrons. The van der Waals surface area contributed by atoms with Crippen molar-refractivity contribution in [1.29, 1.82) is 0 Å². The van der Waals surface area contributed by atoms with E-state index in [2.05, 4.69) is 24.9 Å². The first-order valence-electron chi connectivity index (χ1n) is 11.9. The summed E-state index contributed by atoms with van der Waals surface area (Å²) in [6.45, 7) is 2.15. The van der Waals surface area contributed by atoms with E-state index >= 15 is 0 Å². The van der Waals surface area contributed by atoms with Crippen LogP contribution in [0.25, 0.3) is 5.65 Å². The lowest BCUT2D eigenvalue weighted by atomic mass is 10.0. The van der Waals surface area contributed by atoms with Crippen molar-refractivity contribution in [3.63, 3.8) is 0 Å². The predicted octanol–water partition coefficient (Wildman–Crippen LogP) is -0.681. The maximum Gasteiger partial charge on any atom is 0.352 e. The van der Waals surface area contributed by atoms with E-state index in [0.29, 0.717) is 17.1 Å². The first kappa shape index (κ1) is 27.8. The molecule has 210 valence electrons. The highest BCUT2D eigenvalue weighted by Crippen LogP contribution is 2.40. The highest BCUT2D eigenvalue weighted by atomic mass is 32.2. The third kappa shape index (κ3) is 5.34. The summed E-state index contributed by atoms with van der Waals surface area (Å²) in [5.41, 5.74) is 6.57. The lowest BCUT2D eigenvalue weighted by Gasteiger charge is -2.49. The third-order valence-corrected chi connectivity index (χ3v) is 8.67. The number of amides is 2. The van der Waals surface area contributed by atoms with E-state index < -0.39 is 29.2 Å². The number of nitrogen functional groups attached to an aromatic ring is 1. The van der Waals surface area contributed by atoms with Crippen LogP contribution in [-0.2, 0) is 25.8 Å². The molecule has 3 aromatic rings. The molecule has 2 atom stereocenters. The number of fused-ring (bicyclic) bond motifs is 2. The summed E-state index contributed by atoms with van der Waals surface area (Å²) < 4.78 is 7.51. The number of aliphatic carboxylic acids is 1. The smallest absolute Gasteiger partial charge is 0.352 e. The van der Waals surface area contributed by atoms with Crippen LogP contribution in [0.3, 0.4) is 0 Å². The number of nitrogens with zero attached hydrogens (tertiary/aromatic N) is 7. The van der Waals surface area contributed by atoms with Gasteiger partial charge in [-0.2, -0.15) is 9.36 Å². The molecule has 40 heavy (non-hydrogen) atoms. The number of β-lactam (4-membered cyclic amide) rings is 1. The molecule has 1 saturated heterocycles. The van der Waals surface area contributed by atoms with E-state index in [1.54, 1.807) is 23.8 Å². The van der Waals surface area contributed by atoms with Gasteiger partial charge in [0.15, 0.2) is 11.3 Å². The molecule has 0 aliphatic carbocycles. The van der Waals surface area contributed by atoms with Crippen LogP contribution in [0, 0.1) is 0 Å². The van der Waals surface area contributed by atoms with E-state index in [9.17, 15) is 19.5 Å². The summed E-state index contributed by atoms with van der Waals surface area (Å²) in [6.07, 6.45) is 3.54. The van der Waals surface area contributed by atoms with Gasteiger partial charge in [-0.15, -0.1) is 28.0 Å². The fourth-order valence-corrected chi connectivity index (χ4v) is 6.58. The zero-order valence-electron chi connectivity index (χ0n) is 21.0. The molecular weight excluding hydrogens is 583 g/mol. The molecule has 2 amide bonds. The molecule has 5 rings (SSSR count). The molecule has 5 N–H and O–H groups in total. The van der Waals surface area contributed by atoms with Gasteiger partial charge in [0.25, 0.3) is 11.8 Å². The SMILES string of the molecule is CCO/N=C(\C(=O)N[C@@H]1C(=O)N2C(C(=O)O)=C(C[n+]3ccn4nc(SCCO)ccc43)CS[C@H]12)c1nsc(N)n1. The van der Waals surface area contributed by atoms with Gasteiger partial charge in [0.2, 0.25) is 11.5 Å². The van der Waals surface area contributed by atoms with Gasteiger partial charge in [-0.3, -0.25) is 14.5 Å². The highest BCUT2D eigenvalue weighted by Gasteiger charge is 2.54. The van der Waals surface area contributed by atoms with Crippen molar-refractivity contribution in [2.45, 2.75) is 29.9 Å². The fraction of sp³-hybridized carbons (Fsp3) is 0.364. The van der Waals surface area contributed by atoms with Crippen molar-refractivity contribution in [2.24, 2.45) is 5.16 Å². The van der Waals surface area contributed by atoms with Crippen molar-refractivity contribution in [3.8, 4) is 0 Å². The Hall–Kier alpha value is -3.74. The van der Waals surface area contributed by atoms with Gasteiger partial charge in [0.05, 0.1) is 6.61 Å². The van der Waals surface area contributed by atoms with Gasteiger partial charge < -0.3 is 26.1 Å².